The number of aliphatic hydroxyl groups excluding tert-OH is 1. The highest BCUT2D eigenvalue weighted by Crippen LogP contribution is 2.66. The summed E-state index contributed by atoms with van der Waals surface area (Å²) in [5, 5.41) is 10.6. The fourth-order valence-corrected chi connectivity index (χ4v) is 6.10. The first kappa shape index (κ1) is 26.1. The van der Waals surface area contributed by atoms with Crippen LogP contribution >= 0.6 is 23.5 Å². The minimum Gasteiger partial charge on any atom is -0.387 e. The van der Waals surface area contributed by atoms with Gasteiger partial charge in [0.1, 0.15) is 18.3 Å². The first-order chi connectivity index (χ1) is 15.1. The Bertz CT molecular complexity index is 1220. The van der Waals surface area contributed by atoms with E-state index in [0.717, 1.165) is 0 Å². The van der Waals surface area contributed by atoms with Gasteiger partial charge in [0.2, 0.25) is 5.95 Å². The Morgan fingerprint density at radius 3 is 2.48 bits per heavy atom. The van der Waals surface area contributed by atoms with Crippen LogP contribution in [-0.2, 0) is 36.3 Å². The third-order valence-electron chi connectivity index (χ3n) is 4.28. The smallest absolute Gasteiger partial charge is 0.387 e. The van der Waals surface area contributed by atoms with Crippen LogP contribution in [0.3, 0.4) is 0 Å². The van der Waals surface area contributed by atoms with E-state index in [2.05, 4.69) is 23.1 Å². The molecule has 1 aliphatic rings. The lowest BCUT2D eigenvalue weighted by Crippen LogP contribution is -2.35. The number of phosphoric ester groups is 1. The lowest BCUT2D eigenvalue weighted by atomic mass is 10.1. The van der Waals surface area contributed by atoms with Crippen molar-refractivity contribution in [3.8, 4) is 0 Å². The monoisotopic (exact) mass is 536 g/mol. The Hall–Kier alpha value is -1.49. The van der Waals surface area contributed by atoms with Crippen LogP contribution in [-0.4, -0.2) is 71.2 Å². The predicted molar refractivity (Wildman–Crippen MR) is 105 cm³/mol. The van der Waals surface area contributed by atoms with E-state index in [-0.39, 0.29) is 17.0 Å². The zero-order valence-corrected chi connectivity index (χ0v) is 19.1. The van der Waals surface area contributed by atoms with E-state index in [4.69, 9.17) is 25.0 Å². The van der Waals surface area contributed by atoms with Crippen molar-refractivity contribution in [3.63, 3.8) is 0 Å². The zero-order valence-electron chi connectivity index (χ0n) is 16.4. The van der Waals surface area contributed by atoms with Gasteiger partial charge < -0.3 is 44.5 Å². The van der Waals surface area contributed by atoms with Gasteiger partial charge >= 0.3 is 23.5 Å². The number of aromatic amines is 1. The van der Waals surface area contributed by atoms with E-state index in [0.29, 0.717) is 0 Å². The van der Waals surface area contributed by atoms with Gasteiger partial charge in [0.25, 0.3) is 5.56 Å². The average Bonchev–Trinajstić information content (AvgIpc) is 3.17. The highest BCUT2D eigenvalue weighted by atomic mass is 31.3. The molecule has 3 heterocycles. The largest absolute Gasteiger partial charge is 0.490 e. The van der Waals surface area contributed by atoms with Gasteiger partial charge in [-0.3, -0.25) is 14.3 Å². The van der Waals surface area contributed by atoms with E-state index >= 15 is 0 Å². The molecule has 186 valence electrons. The Morgan fingerprint density at radius 2 is 1.88 bits per heavy atom. The molecule has 0 amide bonds. The van der Waals surface area contributed by atoms with E-state index in [1.807, 2.05) is 0 Å². The van der Waals surface area contributed by atoms with Gasteiger partial charge in [-0.1, -0.05) is 0 Å². The van der Waals surface area contributed by atoms with Gasteiger partial charge in [-0.2, -0.15) is 13.6 Å². The number of phosphoric acid groups is 3. The number of nitrogen functional groups attached to an aromatic ring is 1. The number of nitrogens with one attached hydrogen (secondary N) is 1. The lowest BCUT2D eigenvalue weighted by Gasteiger charge is -2.20. The summed E-state index contributed by atoms with van der Waals surface area (Å²) in [5.74, 6) is -0.191. The predicted octanol–water partition coefficient (Wildman–Crippen LogP) is -1.08. The van der Waals surface area contributed by atoms with Crippen LogP contribution in [0.1, 0.15) is 6.23 Å². The molecule has 2 aromatic heterocycles. The van der Waals surface area contributed by atoms with E-state index < -0.39 is 60.2 Å². The van der Waals surface area contributed by atoms with Crippen LogP contribution in [0.15, 0.2) is 17.1 Å². The number of nitrogens with two attached hydrogens (primary N) is 1. The normalized spacial score (nSPS) is 27.5. The minimum atomic E-state index is -5.70. The molecule has 1 saturated heterocycles. The van der Waals surface area contributed by atoms with Crippen molar-refractivity contribution in [2.24, 2.45) is 0 Å². The molecule has 18 nitrogen and oxygen atoms in total. The molecule has 0 saturated carbocycles. The fraction of sp³-hybridized carbons (Fsp3) is 0.500. The Labute approximate surface area is 183 Å². The highest BCUT2D eigenvalue weighted by Gasteiger charge is 2.47. The average molecular weight is 536 g/mol. The first-order valence-electron chi connectivity index (χ1n) is 8.63. The molecule has 1 fully saturated rings. The van der Waals surface area contributed by atoms with Crippen molar-refractivity contribution >= 4 is 40.4 Å². The van der Waals surface area contributed by atoms with Crippen LogP contribution in [0.4, 0.5) is 5.95 Å². The topological polar surface area (TPSA) is 275 Å². The molecule has 0 spiro atoms. The molecule has 21 heteroatoms. The number of aliphatic hydroxyl groups is 1. The lowest BCUT2D eigenvalue weighted by molar-refractivity contribution is -0.0575. The number of H-pyrrole nitrogens is 1. The van der Waals surface area contributed by atoms with Crippen molar-refractivity contribution in [2.45, 2.75) is 24.5 Å². The van der Waals surface area contributed by atoms with Gasteiger partial charge in [-0.15, -0.1) is 0 Å². The molecule has 3 rings (SSSR count). The molecule has 2 aromatic rings. The second kappa shape index (κ2) is 9.28. The number of hydrogen-bond acceptors (Lipinski definition) is 12. The summed E-state index contributed by atoms with van der Waals surface area (Å²) in [6.07, 6.45) is -3.67. The maximum Gasteiger partial charge on any atom is 0.490 e. The standard InChI is InChI=1S/C12H19N4O14P3/c1-26-8-7(17)6(4-27-32(22,23)30-33(24,25)29-31(19,20)21)28-11(8)16-3-2-5-9(16)14-12(13)15-10(5)18/h2-3,6-8,11,17H,4H2,1H3,(H,22,23)(H,24,25)(H2,19,20,21)(H3,13,14,15,18)/t6-,7-,8-,11-/m1/s1. The van der Waals surface area contributed by atoms with Crippen molar-refractivity contribution in [2.75, 3.05) is 19.5 Å². The third-order valence-corrected chi connectivity index (χ3v) is 8.08. The highest BCUT2D eigenvalue weighted by molar-refractivity contribution is 7.66. The Balaban J connectivity index is 1.76. The van der Waals surface area contributed by atoms with Crippen LogP contribution < -0.4 is 11.3 Å². The summed E-state index contributed by atoms with van der Waals surface area (Å²) in [6, 6.07) is 1.41. The van der Waals surface area contributed by atoms with Crippen molar-refractivity contribution in [1.29, 1.82) is 0 Å². The van der Waals surface area contributed by atoms with Gasteiger partial charge in [-0.05, 0) is 6.07 Å². The minimum absolute atomic E-state index is 0.0871. The van der Waals surface area contributed by atoms with Crippen LogP contribution in [0.2, 0.25) is 0 Å². The molecule has 1 aliphatic heterocycles. The van der Waals surface area contributed by atoms with Gasteiger partial charge in [-0.25, -0.2) is 13.7 Å². The summed E-state index contributed by atoms with van der Waals surface area (Å²) >= 11 is 0. The summed E-state index contributed by atoms with van der Waals surface area (Å²) in [7, 11) is -15.5. The molecule has 6 atom stereocenters. The molecule has 33 heavy (non-hydrogen) atoms. The van der Waals surface area contributed by atoms with Crippen molar-refractivity contribution < 1.29 is 61.0 Å². The SMILES string of the molecule is CO[C@@H]1[C@H](O)[C@@H](COP(=O)(O)OP(=O)(O)OP(=O)(O)O)O[C@H]1n1ccc2c(=O)[nH]c(N)nc21. The number of fused-ring (bicyclic) bond motifs is 1. The molecular formula is C12H19N4O14P3. The summed E-state index contributed by atoms with van der Waals surface area (Å²) < 4.78 is 57.8. The number of ether oxygens (including phenoxy) is 2. The van der Waals surface area contributed by atoms with Gasteiger partial charge in [0, 0.05) is 13.3 Å². The second-order valence-corrected chi connectivity index (χ2v) is 11.0. The molecule has 2 unspecified atom stereocenters. The number of rotatable bonds is 9. The third kappa shape index (κ3) is 6.15. The van der Waals surface area contributed by atoms with Gasteiger partial charge in [0.05, 0.1) is 12.0 Å². The summed E-state index contributed by atoms with van der Waals surface area (Å²) in [6.45, 7) is -0.906. The van der Waals surface area contributed by atoms with Crippen LogP contribution in [0, 0.1) is 0 Å². The maximum absolute atomic E-state index is 12.0. The number of nitrogens with zero attached hydrogens (tertiary/aromatic N) is 2. The molecular weight excluding hydrogens is 517 g/mol. The van der Waals surface area contributed by atoms with Crippen LogP contribution in [0.5, 0.6) is 0 Å². The van der Waals surface area contributed by atoms with E-state index in [1.165, 1.54) is 23.9 Å². The molecule has 8 N–H and O–H groups in total. The summed E-state index contributed by atoms with van der Waals surface area (Å²) in [4.78, 5) is 54.2. The number of anilines is 1. The molecule has 0 aliphatic carbocycles. The number of aromatic nitrogens is 3. The molecule has 0 aromatic carbocycles. The Kier molecular flexibility index (Phi) is 7.34. The Morgan fingerprint density at radius 1 is 1.21 bits per heavy atom. The molecule has 0 bridgehead atoms. The zero-order chi connectivity index (χ0) is 24.8. The first-order valence-corrected chi connectivity index (χ1v) is 13.2. The van der Waals surface area contributed by atoms with E-state index in [9.17, 15) is 33.4 Å². The van der Waals surface area contributed by atoms with Crippen LogP contribution in [0.25, 0.3) is 11.0 Å². The van der Waals surface area contributed by atoms with Crippen molar-refractivity contribution in [1.82, 2.24) is 14.5 Å². The maximum atomic E-state index is 12.0. The quantitative estimate of drug-likeness (QED) is 0.188. The summed E-state index contributed by atoms with van der Waals surface area (Å²) in [5.41, 5.74) is 5.11. The number of methoxy groups -OCH3 is 1. The van der Waals surface area contributed by atoms with E-state index in [1.54, 1.807) is 0 Å². The van der Waals surface area contributed by atoms with Gasteiger partial charge in [0.15, 0.2) is 11.9 Å². The number of hydrogen-bond donors (Lipinski definition) is 7. The fourth-order valence-electron chi connectivity index (χ4n) is 3.07. The van der Waals surface area contributed by atoms with Crippen molar-refractivity contribution in [3.05, 3.63) is 22.6 Å². The molecule has 0 radical (unpaired) electrons. The second-order valence-electron chi connectivity index (χ2n) is 6.55.